The van der Waals surface area contributed by atoms with E-state index in [2.05, 4.69) is 99.2 Å². The Bertz CT molecular complexity index is 1420. The molecule has 0 spiro atoms. The van der Waals surface area contributed by atoms with Gasteiger partial charge < -0.3 is 0 Å². The number of benzene rings is 2. The maximum atomic E-state index is 5.17. The number of para-hydroxylation sites is 2. The molecule has 0 bridgehead atoms. The van der Waals surface area contributed by atoms with E-state index in [0.717, 1.165) is 11.2 Å². The van der Waals surface area contributed by atoms with Gasteiger partial charge in [-0.2, -0.15) is 4.40 Å². The molecule has 3 heteroatoms. The van der Waals surface area contributed by atoms with Crippen LogP contribution in [0.1, 0.15) is 56.4 Å². The number of pyridine rings is 2. The van der Waals surface area contributed by atoms with E-state index in [1.54, 1.807) is 0 Å². The van der Waals surface area contributed by atoms with Gasteiger partial charge in [0.1, 0.15) is 5.52 Å². The van der Waals surface area contributed by atoms with Crippen LogP contribution in [0.2, 0.25) is 0 Å². The number of hydrogen-bond acceptors (Lipinski definition) is 1. The van der Waals surface area contributed by atoms with Crippen LogP contribution in [-0.4, -0.2) is 9.38 Å². The Morgan fingerprint density at radius 1 is 0.897 bits per heavy atom. The summed E-state index contributed by atoms with van der Waals surface area (Å²) in [6.45, 7) is 11.2. The second-order valence-electron chi connectivity index (χ2n) is 8.88. The molecule has 0 N–H and O–H groups in total. The fourth-order valence-electron chi connectivity index (χ4n) is 4.60. The fraction of sp³-hybridized carbons (Fsp3) is 0.308. The van der Waals surface area contributed by atoms with Crippen LogP contribution < -0.4 is 4.57 Å². The average molecular weight is 383 g/mol. The monoisotopic (exact) mass is 382 g/mol. The molecule has 0 radical (unpaired) electrons. The van der Waals surface area contributed by atoms with Gasteiger partial charge in [0.05, 0.1) is 18.0 Å². The third kappa shape index (κ3) is 2.50. The molecule has 0 fully saturated rings. The highest BCUT2D eigenvalue weighted by atomic mass is 15.1. The first kappa shape index (κ1) is 18.1. The van der Waals surface area contributed by atoms with Crippen molar-refractivity contribution in [2.24, 2.45) is 7.05 Å². The van der Waals surface area contributed by atoms with E-state index < -0.39 is 0 Å². The van der Waals surface area contributed by atoms with E-state index in [-0.39, 0.29) is 0 Å². The van der Waals surface area contributed by atoms with Crippen LogP contribution in [0.3, 0.4) is 0 Å². The standard InChI is InChI=1S/C26H28N3/c1-15(2)18-11-12-19-23(14-18)29-22-10-8-7-9-21(22)28(6)26(29)24-17(5)13-20(16(3)4)27-25(19)24/h7-16H,1-6H3/q+1. The van der Waals surface area contributed by atoms with E-state index in [9.17, 15) is 0 Å². The topological polar surface area (TPSA) is 21.2 Å². The molecule has 3 heterocycles. The van der Waals surface area contributed by atoms with Gasteiger partial charge in [0.15, 0.2) is 11.0 Å². The van der Waals surface area contributed by atoms with Gasteiger partial charge in [0, 0.05) is 11.1 Å². The molecule has 0 aliphatic heterocycles. The molecule has 0 saturated carbocycles. The van der Waals surface area contributed by atoms with Crippen molar-refractivity contribution in [3.8, 4) is 0 Å². The van der Waals surface area contributed by atoms with Gasteiger partial charge in [0.2, 0.25) is 0 Å². The quantitative estimate of drug-likeness (QED) is 0.264. The first-order valence-electron chi connectivity index (χ1n) is 10.5. The van der Waals surface area contributed by atoms with Crippen molar-refractivity contribution in [2.45, 2.75) is 46.5 Å². The van der Waals surface area contributed by atoms with Gasteiger partial charge in [-0.1, -0.05) is 45.9 Å². The Morgan fingerprint density at radius 3 is 2.38 bits per heavy atom. The summed E-state index contributed by atoms with van der Waals surface area (Å²) in [5.41, 5.74) is 9.86. The first-order valence-corrected chi connectivity index (χ1v) is 10.5. The van der Waals surface area contributed by atoms with Crippen molar-refractivity contribution < 1.29 is 4.57 Å². The minimum atomic E-state index is 0.402. The molecule has 3 nitrogen and oxygen atoms in total. The lowest BCUT2D eigenvalue weighted by Gasteiger charge is -2.12. The third-order valence-corrected chi connectivity index (χ3v) is 6.25. The largest absolute Gasteiger partial charge is 0.297 e. The molecule has 0 atom stereocenters. The van der Waals surface area contributed by atoms with Crippen LogP contribution in [-0.2, 0) is 7.05 Å². The molecule has 5 rings (SSSR count). The molecule has 29 heavy (non-hydrogen) atoms. The number of aromatic nitrogens is 3. The number of aryl methyl sites for hydroxylation is 2. The Morgan fingerprint density at radius 2 is 1.66 bits per heavy atom. The van der Waals surface area contributed by atoms with Crippen LogP contribution in [0.4, 0.5) is 0 Å². The van der Waals surface area contributed by atoms with Gasteiger partial charge in [-0.15, -0.1) is 0 Å². The minimum absolute atomic E-state index is 0.402. The third-order valence-electron chi connectivity index (χ3n) is 6.25. The van der Waals surface area contributed by atoms with Gasteiger partial charge in [-0.3, -0.25) is 4.98 Å². The molecule has 5 aromatic rings. The minimum Gasteiger partial charge on any atom is -0.251 e. The van der Waals surface area contributed by atoms with Crippen molar-refractivity contribution in [3.05, 3.63) is 65.4 Å². The van der Waals surface area contributed by atoms with E-state index in [0.29, 0.717) is 11.8 Å². The van der Waals surface area contributed by atoms with Gasteiger partial charge in [-0.25, -0.2) is 4.57 Å². The van der Waals surface area contributed by atoms with E-state index in [4.69, 9.17) is 4.98 Å². The highest BCUT2D eigenvalue weighted by molar-refractivity contribution is 6.12. The van der Waals surface area contributed by atoms with Crippen molar-refractivity contribution in [1.82, 2.24) is 9.38 Å². The molecule has 0 saturated heterocycles. The number of nitrogens with zero attached hydrogens (tertiary/aromatic N) is 3. The predicted octanol–water partition coefficient (Wildman–Crippen LogP) is 6.17. The summed E-state index contributed by atoms with van der Waals surface area (Å²) < 4.78 is 4.76. The molecule has 2 aromatic carbocycles. The van der Waals surface area contributed by atoms with E-state index in [1.165, 1.54) is 44.1 Å². The Hall–Kier alpha value is -2.94. The molecule has 0 unspecified atom stereocenters. The number of rotatable bonds is 2. The second kappa shape index (κ2) is 6.28. The zero-order chi connectivity index (χ0) is 20.4. The lowest BCUT2D eigenvalue weighted by atomic mass is 9.98. The van der Waals surface area contributed by atoms with Gasteiger partial charge in [0.25, 0.3) is 5.65 Å². The Kier molecular flexibility index (Phi) is 3.92. The summed E-state index contributed by atoms with van der Waals surface area (Å²) in [5.74, 6) is 0.885. The zero-order valence-electron chi connectivity index (χ0n) is 18.1. The second-order valence-corrected chi connectivity index (χ2v) is 8.88. The summed E-state index contributed by atoms with van der Waals surface area (Å²) >= 11 is 0. The molecule has 0 aliphatic rings. The van der Waals surface area contributed by atoms with Crippen LogP contribution >= 0.6 is 0 Å². The van der Waals surface area contributed by atoms with Crippen molar-refractivity contribution >= 4 is 38.5 Å². The molecule has 3 aromatic heterocycles. The van der Waals surface area contributed by atoms with Crippen molar-refractivity contribution in [3.63, 3.8) is 0 Å². The summed E-state index contributed by atoms with van der Waals surface area (Å²) in [5, 5.41) is 2.47. The van der Waals surface area contributed by atoms with Crippen molar-refractivity contribution in [2.75, 3.05) is 0 Å². The number of hydrogen-bond donors (Lipinski definition) is 0. The molecule has 146 valence electrons. The molecule has 0 aliphatic carbocycles. The average Bonchev–Trinajstić information content (AvgIpc) is 3.00. The fourth-order valence-corrected chi connectivity index (χ4v) is 4.60. The predicted molar refractivity (Wildman–Crippen MR) is 122 cm³/mol. The summed E-state index contributed by atoms with van der Waals surface area (Å²) in [4.78, 5) is 5.17. The number of imidazole rings is 1. The van der Waals surface area contributed by atoms with Crippen LogP contribution in [0.25, 0.3) is 38.5 Å². The van der Waals surface area contributed by atoms with Crippen LogP contribution in [0, 0.1) is 6.92 Å². The van der Waals surface area contributed by atoms with Crippen molar-refractivity contribution in [1.29, 1.82) is 0 Å². The Balaban J connectivity index is 2.14. The maximum Gasteiger partial charge on any atom is 0.297 e. The first-order chi connectivity index (χ1) is 13.9. The summed E-state index contributed by atoms with van der Waals surface area (Å²) in [6, 6.07) is 17.8. The highest BCUT2D eigenvalue weighted by Crippen LogP contribution is 2.34. The zero-order valence-corrected chi connectivity index (χ0v) is 18.1. The molecular formula is C26H28N3+. The molecular weight excluding hydrogens is 354 g/mol. The Labute approximate surface area is 171 Å². The van der Waals surface area contributed by atoms with E-state index in [1.807, 2.05) is 0 Å². The summed E-state index contributed by atoms with van der Waals surface area (Å²) in [6.07, 6.45) is 0. The lowest BCUT2D eigenvalue weighted by molar-refractivity contribution is -0.617. The van der Waals surface area contributed by atoms with E-state index >= 15 is 0 Å². The maximum absolute atomic E-state index is 5.17. The van der Waals surface area contributed by atoms with Gasteiger partial charge >= 0.3 is 0 Å². The summed E-state index contributed by atoms with van der Waals surface area (Å²) in [7, 11) is 2.17. The highest BCUT2D eigenvalue weighted by Gasteiger charge is 2.25. The SMILES string of the molecule is Cc1cc(C(C)C)nc2c3ccc(C(C)C)cc3n3c4ccccc4[n+](C)c3c12. The molecule has 0 amide bonds. The van der Waals surface area contributed by atoms with Crippen LogP contribution in [0.5, 0.6) is 0 Å². The van der Waals surface area contributed by atoms with Gasteiger partial charge in [-0.05, 0) is 60.2 Å². The lowest BCUT2D eigenvalue weighted by Crippen LogP contribution is -2.27. The smallest absolute Gasteiger partial charge is 0.251 e. The number of fused-ring (bicyclic) bond motifs is 8. The normalized spacial score (nSPS) is 12.4. The van der Waals surface area contributed by atoms with Crippen LogP contribution in [0.15, 0.2) is 48.5 Å².